The van der Waals surface area contributed by atoms with Crippen LogP contribution in [0.15, 0.2) is 0 Å². The number of fused-ring (bicyclic) bond motifs is 2. The van der Waals surface area contributed by atoms with E-state index in [-0.39, 0.29) is 0 Å². The lowest BCUT2D eigenvalue weighted by Crippen LogP contribution is -2.34. The zero-order chi connectivity index (χ0) is 9.26. The summed E-state index contributed by atoms with van der Waals surface area (Å²) in [4.78, 5) is 0. The van der Waals surface area contributed by atoms with Gasteiger partial charge in [0.25, 0.3) is 0 Å². The summed E-state index contributed by atoms with van der Waals surface area (Å²) in [6, 6.07) is 0.887. The van der Waals surface area contributed by atoms with Crippen LogP contribution >= 0.6 is 0 Å². The Morgan fingerprint density at radius 1 is 1.23 bits per heavy atom. The molecule has 1 nitrogen and oxygen atoms in total. The minimum Gasteiger partial charge on any atom is -0.314 e. The fourth-order valence-corrected chi connectivity index (χ4v) is 3.05. The Kier molecular flexibility index (Phi) is 2.92. The first-order valence-corrected chi connectivity index (χ1v) is 5.99. The van der Waals surface area contributed by atoms with Gasteiger partial charge < -0.3 is 5.32 Å². The molecule has 2 aliphatic carbocycles. The summed E-state index contributed by atoms with van der Waals surface area (Å²) in [5, 5.41) is 3.74. The van der Waals surface area contributed by atoms with Crippen LogP contribution in [-0.4, -0.2) is 12.6 Å². The van der Waals surface area contributed by atoms with E-state index in [1.54, 1.807) is 0 Å². The highest BCUT2D eigenvalue weighted by atomic mass is 14.9. The summed E-state index contributed by atoms with van der Waals surface area (Å²) in [6.07, 6.45) is 7.37. The average molecular weight is 181 g/mol. The first kappa shape index (κ1) is 9.51. The third-order valence-electron chi connectivity index (χ3n) is 3.87. The quantitative estimate of drug-likeness (QED) is 0.703. The molecule has 0 radical (unpaired) electrons. The van der Waals surface area contributed by atoms with Gasteiger partial charge in [-0.25, -0.2) is 0 Å². The zero-order valence-corrected chi connectivity index (χ0v) is 9.05. The van der Waals surface area contributed by atoms with Gasteiger partial charge in [0.15, 0.2) is 0 Å². The maximum atomic E-state index is 3.74. The first-order chi connectivity index (χ1) is 6.25. The van der Waals surface area contributed by atoms with Gasteiger partial charge in [0, 0.05) is 6.04 Å². The smallest absolute Gasteiger partial charge is 0.00980 e. The van der Waals surface area contributed by atoms with E-state index < -0.39 is 0 Å². The van der Waals surface area contributed by atoms with E-state index in [0.29, 0.717) is 0 Å². The van der Waals surface area contributed by atoms with Gasteiger partial charge in [-0.3, -0.25) is 0 Å². The van der Waals surface area contributed by atoms with Crippen LogP contribution < -0.4 is 5.32 Å². The number of nitrogens with one attached hydrogen (secondary N) is 1. The minimum atomic E-state index is 0.853. The predicted molar refractivity (Wildman–Crippen MR) is 56.7 cm³/mol. The summed E-state index contributed by atoms with van der Waals surface area (Å²) in [6.45, 7) is 5.86. The van der Waals surface area contributed by atoms with Gasteiger partial charge in [-0.05, 0) is 50.0 Å². The van der Waals surface area contributed by atoms with Crippen molar-refractivity contribution in [1.29, 1.82) is 0 Å². The van der Waals surface area contributed by atoms with Gasteiger partial charge in [-0.15, -0.1) is 0 Å². The zero-order valence-electron chi connectivity index (χ0n) is 9.05. The van der Waals surface area contributed by atoms with Crippen LogP contribution in [-0.2, 0) is 0 Å². The van der Waals surface area contributed by atoms with Crippen molar-refractivity contribution in [3.63, 3.8) is 0 Å². The minimum absolute atomic E-state index is 0.853. The molecule has 0 aliphatic heterocycles. The van der Waals surface area contributed by atoms with Crippen molar-refractivity contribution in [1.82, 2.24) is 5.32 Å². The maximum absolute atomic E-state index is 3.74. The molecular formula is C12H23N. The topological polar surface area (TPSA) is 12.0 Å². The number of hydrogen-bond acceptors (Lipinski definition) is 1. The molecule has 3 atom stereocenters. The maximum Gasteiger partial charge on any atom is 0.00980 e. The molecule has 0 aromatic rings. The fourth-order valence-electron chi connectivity index (χ4n) is 3.05. The van der Waals surface area contributed by atoms with E-state index in [4.69, 9.17) is 0 Å². The van der Waals surface area contributed by atoms with E-state index >= 15 is 0 Å². The van der Waals surface area contributed by atoms with Crippen molar-refractivity contribution in [2.24, 2.45) is 17.8 Å². The van der Waals surface area contributed by atoms with Crippen LogP contribution in [0.25, 0.3) is 0 Å². The lowest BCUT2D eigenvalue weighted by Gasteiger charge is -2.23. The van der Waals surface area contributed by atoms with Crippen LogP contribution in [0, 0.1) is 17.8 Å². The van der Waals surface area contributed by atoms with E-state index in [0.717, 1.165) is 23.8 Å². The second-order valence-corrected chi connectivity index (χ2v) is 5.42. The molecule has 0 aromatic heterocycles. The molecular weight excluding hydrogens is 158 g/mol. The second-order valence-electron chi connectivity index (χ2n) is 5.42. The van der Waals surface area contributed by atoms with Crippen molar-refractivity contribution in [2.45, 2.75) is 52.0 Å². The fraction of sp³-hybridized carbons (Fsp3) is 1.00. The molecule has 0 aromatic carbocycles. The predicted octanol–water partition coefficient (Wildman–Crippen LogP) is 2.81. The molecule has 0 amide bonds. The Balaban J connectivity index is 1.66. The molecule has 76 valence electrons. The van der Waals surface area contributed by atoms with Gasteiger partial charge in [0.1, 0.15) is 0 Å². The first-order valence-electron chi connectivity index (χ1n) is 5.99. The molecule has 0 heterocycles. The molecule has 2 saturated carbocycles. The Labute approximate surface area is 82.3 Å². The third-order valence-corrected chi connectivity index (χ3v) is 3.87. The number of hydrogen-bond donors (Lipinski definition) is 1. The Morgan fingerprint density at radius 3 is 2.62 bits per heavy atom. The van der Waals surface area contributed by atoms with Crippen molar-refractivity contribution >= 4 is 0 Å². The van der Waals surface area contributed by atoms with E-state index in [2.05, 4.69) is 19.2 Å². The standard InChI is InChI=1S/C12H23N/c1-9(2)5-6-13-12-8-10-3-4-11(12)7-10/h9-13H,3-8H2,1-2H3/t10-,11+,12-/m0/s1. The van der Waals surface area contributed by atoms with Gasteiger partial charge in [-0.1, -0.05) is 20.3 Å². The van der Waals surface area contributed by atoms with Gasteiger partial charge >= 0.3 is 0 Å². The molecule has 2 bridgehead atoms. The van der Waals surface area contributed by atoms with Crippen LogP contribution in [0.3, 0.4) is 0 Å². The summed E-state index contributed by atoms with van der Waals surface area (Å²) in [5.41, 5.74) is 0. The molecule has 2 fully saturated rings. The molecule has 1 N–H and O–H groups in total. The van der Waals surface area contributed by atoms with Crippen molar-refractivity contribution in [2.75, 3.05) is 6.54 Å². The van der Waals surface area contributed by atoms with Gasteiger partial charge in [0.05, 0.1) is 0 Å². The second kappa shape index (κ2) is 4.00. The lowest BCUT2D eigenvalue weighted by molar-refractivity contribution is 0.344. The van der Waals surface area contributed by atoms with Gasteiger partial charge in [-0.2, -0.15) is 0 Å². The molecule has 0 spiro atoms. The average Bonchev–Trinajstić information content (AvgIpc) is 2.64. The summed E-state index contributed by atoms with van der Waals surface area (Å²) in [5.74, 6) is 2.98. The van der Waals surface area contributed by atoms with E-state index in [1.165, 1.54) is 38.6 Å². The molecule has 2 rings (SSSR count). The highest BCUT2D eigenvalue weighted by Gasteiger charge is 2.38. The Morgan fingerprint density at radius 2 is 2.08 bits per heavy atom. The monoisotopic (exact) mass is 181 g/mol. The Hall–Kier alpha value is -0.0400. The van der Waals surface area contributed by atoms with Crippen LogP contribution in [0.5, 0.6) is 0 Å². The van der Waals surface area contributed by atoms with Gasteiger partial charge in [0.2, 0.25) is 0 Å². The largest absolute Gasteiger partial charge is 0.314 e. The van der Waals surface area contributed by atoms with E-state index in [1.807, 2.05) is 0 Å². The molecule has 13 heavy (non-hydrogen) atoms. The Bertz CT molecular complexity index is 165. The van der Waals surface area contributed by atoms with E-state index in [9.17, 15) is 0 Å². The number of rotatable bonds is 4. The summed E-state index contributed by atoms with van der Waals surface area (Å²) >= 11 is 0. The van der Waals surface area contributed by atoms with Crippen LogP contribution in [0.4, 0.5) is 0 Å². The lowest BCUT2D eigenvalue weighted by atomic mass is 9.95. The normalized spacial score (nSPS) is 37.6. The molecule has 0 unspecified atom stereocenters. The summed E-state index contributed by atoms with van der Waals surface area (Å²) < 4.78 is 0. The molecule has 2 aliphatic rings. The van der Waals surface area contributed by atoms with Crippen molar-refractivity contribution < 1.29 is 0 Å². The van der Waals surface area contributed by atoms with Crippen LogP contribution in [0.2, 0.25) is 0 Å². The highest BCUT2D eigenvalue weighted by molar-refractivity contribution is 4.93. The molecule has 0 saturated heterocycles. The third kappa shape index (κ3) is 2.25. The van der Waals surface area contributed by atoms with Crippen molar-refractivity contribution in [3.05, 3.63) is 0 Å². The molecule has 1 heteroatoms. The van der Waals surface area contributed by atoms with Crippen molar-refractivity contribution in [3.8, 4) is 0 Å². The SMILES string of the molecule is CC(C)CCN[C@H]1C[C@H]2CC[C@@H]1C2. The highest BCUT2D eigenvalue weighted by Crippen LogP contribution is 2.44. The summed E-state index contributed by atoms with van der Waals surface area (Å²) in [7, 11) is 0. The van der Waals surface area contributed by atoms with Crippen LogP contribution in [0.1, 0.15) is 46.0 Å².